The normalized spacial score (nSPS) is 10.3. The maximum absolute atomic E-state index is 11.5. The van der Waals surface area contributed by atoms with Crippen molar-refractivity contribution in [2.24, 2.45) is 0 Å². The zero-order valence-corrected chi connectivity index (χ0v) is 14.1. The Kier molecular flexibility index (Phi) is 5.38. The number of carbonyl (C=O) groups is 1. The van der Waals surface area contributed by atoms with Gasteiger partial charge in [-0.05, 0) is 17.7 Å². The number of carbonyl (C=O) groups excluding carboxylic acids is 1. The minimum absolute atomic E-state index is 0.110. The first-order valence-corrected chi connectivity index (χ1v) is 8.03. The first-order chi connectivity index (χ1) is 9.54. The summed E-state index contributed by atoms with van der Waals surface area (Å²) < 4.78 is 10.6. The SMILES string of the molecule is CN(C)C(=O)Sc1nsc(OCc2cccc(Br)c2)n1. The van der Waals surface area contributed by atoms with Crippen LogP contribution in [0.4, 0.5) is 4.79 Å². The molecular weight excluding hydrogens is 362 g/mol. The number of hydrogen-bond acceptors (Lipinski definition) is 6. The second kappa shape index (κ2) is 7.05. The average Bonchev–Trinajstić information content (AvgIpc) is 2.84. The molecule has 0 atom stereocenters. The molecule has 0 aliphatic heterocycles. The van der Waals surface area contributed by atoms with Crippen LogP contribution in [0.15, 0.2) is 33.9 Å². The molecule has 0 saturated heterocycles. The molecule has 0 spiro atoms. The van der Waals surface area contributed by atoms with Crippen molar-refractivity contribution in [1.82, 2.24) is 14.3 Å². The van der Waals surface area contributed by atoms with E-state index < -0.39 is 0 Å². The van der Waals surface area contributed by atoms with E-state index in [-0.39, 0.29) is 5.24 Å². The van der Waals surface area contributed by atoms with Gasteiger partial charge in [-0.1, -0.05) is 28.1 Å². The van der Waals surface area contributed by atoms with Crippen LogP contribution in [0.3, 0.4) is 0 Å². The Labute approximate surface area is 133 Å². The van der Waals surface area contributed by atoms with Crippen LogP contribution < -0.4 is 4.74 Å². The first-order valence-electron chi connectivity index (χ1n) is 5.64. The monoisotopic (exact) mass is 373 g/mol. The van der Waals surface area contributed by atoms with E-state index in [1.807, 2.05) is 24.3 Å². The predicted octanol–water partition coefficient (Wildman–Crippen LogP) is 3.65. The van der Waals surface area contributed by atoms with Crippen molar-refractivity contribution in [1.29, 1.82) is 0 Å². The van der Waals surface area contributed by atoms with Crippen molar-refractivity contribution >= 4 is 44.5 Å². The van der Waals surface area contributed by atoms with Crippen molar-refractivity contribution in [2.45, 2.75) is 11.8 Å². The van der Waals surface area contributed by atoms with Crippen molar-refractivity contribution in [3.05, 3.63) is 34.3 Å². The van der Waals surface area contributed by atoms with Crippen LogP contribution >= 0.6 is 39.2 Å². The van der Waals surface area contributed by atoms with Crippen molar-refractivity contribution < 1.29 is 9.53 Å². The summed E-state index contributed by atoms with van der Waals surface area (Å²) in [7, 11) is 3.37. The molecule has 0 aliphatic carbocycles. The Morgan fingerprint density at radius 1 is 1.50 bits per heavy atom. The number of hydrogen-bond donors (Lipinski definition) is 0. The minimum atomic E-state index is -0.110. The zero-order valence-electron chi connectivity index (χ0n) is 10.9. The summed E-state index contributed by atoms with van der Waals surface area (Å²) in [6, 6.07) is 7.85. The number of aromatic nitrogens is 2. The number of rotatable bonds is 4. The number of halogens is 1. The fourth-order valence-electron chi connectivity index (χ4n) is 1.24. The van der Waals surface area contributed by atoms with Crippen LogP contribution in [0.2, 0.25) is 0 Å². The molecule has 20 heavy (non-hydrogen) atoms. The van der Waals surface area contributed by atoms with Gasteiger partial charge in [0.15, 0.2) is 0 Å². The third kappa shape index (κ3) is 4.46. The molecule has 5 nitrogen and oxygen atoms in total. The minimum Gasteiger partial charge on any atom is -0.464 e. The van der Waals surface area contributed by atoms with E-state index in [4.69, 9.17) is 4.74 Å². The van der Waals surface area contributed by atoms with Crippen molar-refractivity contribution in [3.8, 4) is 5.19 Å². The third-order valence-corrected chi connectivity index (χ3v) is 4.33. The molecule has 2 rings (SSSR count). The second-order valence-corrected chi connectivity index (χ2v) is 6.57. The van der Waals surface area contributed by atoms with E-state index >= 15 is 0 Å². The maximum Gasteiger partial charge on any atom is 0.294 e. The topological polar surface area (TPSA) is 55.3 Å². The smallest absolute Gasteiger partial charge is 0.294 e. The van der Waals surface area contributed by atoms with Crippen molar-refractivity contribution in [2.75, 3.05) is 14.1 Å². The Balaban J connectivity index is 1.91. The molecule has 106 valence electrons. The van der Waals surface area contributed by atoms with Gasteiger partial charge >= 0.3 is 0 Å². The number of ether oxygens (including phenoxy) is 1. The third-order valence-electron chi connectivity index (χ3n) is 2.18. The number of nitrogens with zero attached hydrogens (tertiary/aromatic N) is 3. The van der Waals surface area contributed by atoms with E-state index in [1.165, 1.54) is 4.90 Å². The highest BCUT2D eigenvalue weighted by atomic mass is 79.9. The lowest BCUT2D eigenvalue weighted by Crippen LogP contribution is -2.16. The largest absolute Gasteiger partial charge is 0.464 e. The molecule has 0 N–H and O–H groups in total. The van der Waals surface area contributed by atoms with Crippen LogP contribution in [0, 0.1) is 0 Å². The lowest BCUT2D eigenvalue weighted by atomic mass is 10.2. The van der Waals surface area contributed by atoms with E-state index in [9.17, 15) is 4.79 Å². The molecule has 0 fully saturated rings. The summed E-state index contributed by atoms with van der Waals surface area (Å²) >= 11 is 5.53. The number of benzene rings is 1. The summed E-state index contributed by atoms with van der Waals surface area (Å²) in [6.07, 6.45) is 0. The summed E-state index contributed by atoms with van der Waals surface area (Å²) in [4.78, 5) is 17.1. The number of amides is 1. The second-order valence-electron chi connectivity index (χ2n) is 4.02. The Morgan fingerprint density at radius 2 is 2.30 bits per heavy atom. The lowest BCUT2D eigenvalue weighted by molar-refractivity contribution is 0.241. The van der Waals surface area contributed by atoms with Crippen LogP contribution in [0.25, 0.3) is 0 Å². The molecule has 0 saturated carbocycles. The van der Waals surface area contributed by atoms with Gasteiger partial charge in [-0.25, -0.2) is 0 Å². The van der Waals surface area contributed by atoms with Gasteiger partial charge in [0.25, 0.3) is 10.4 Å². The van der Waals surface area contributed by atoms with E-state index in [2.05, 4.69) is 25.3 Å². The molecule has 0 unspecified atom stereocenters. The molecular formula is C12H12BrN3O2S2. The fraction of sp³-hybridized carbons (Fsp3) is 0.250. The summed E-state index contributed by atoms with van der Waals surface area (Å²) in [5.74, 6) is 0. The molecule has 0 radical (unpaired) electrons. The highest BCUT2D eigenvalue weighted by Gasteiger charge is 2.12. The van der Waals surface area contributed by atoms with Gasteiger partial charge in [0.1, 0.15) is 6.61 Å². The number of thioether (sulfide) groups is 1. The molecule has 1 heterocycles. The van der Waals surface area contributed by atoms with Crippen molar-refractivity contribution in [3.63, 3.8) is 0 Å². The standard InChI is InChI=1S/C12H12BrN3O2S2/c1-16(2)12(17)19-10-14-11(20-15-10)18-7-8-4-3-5-9(13)6-8/h3-6H,7H2,1-2H3. The molecule has 1 aromatic carbocycles. The highest BCUT2D eigenvalue weighted by Crippen LogP contribution is 2.24. The predicted molar refractivity (Wildman–Crippen MR) is 83.3 cm³/mol. The van der Waals surface area contributed by atoms with Gasteiger partial charge in [-0.2, -0.15) is 9.36 Å². The molecule has 0 aliphatic rings. The fourth-order valence-corrected chi connectivity index (χ4v) is 2.91. The van der Waals surface area contributed by atoms with Gasteiger partial charge in [-0.3, -0.25) is 4.79 Å². The van der Waals surface area contributed by atoms with Crippen LogP contribution in [-0.2, 0) is 6.61 Å². The van der Waals surface area contributed by atoms with Crippen LogP contribution in [0.1, 0.15) is 5.56 Å². The molecule has 8 heteroatoms. The van der Waals surface area contributed by atoms with Gasteiger partial charge in [0.05, 0.1) is 0 Å². The van der Waals surface area contributed by atoms with Gasteiger partial charge < -0.3 is 9.64 Å². The quantitative estimate of drug-likeness (QED) is 0.765. The molecule has 0 bridgehead atoms. The zero-order chi connectivity index (χ0) is 14.5. The maximum atomic E-state index is 11.5. The lowest BCUT2D eigenvalue weighted by Gasteiger charge is -2.06. The van der Waals surface area contributed by atoms with Crippen LogP contribution in [-0.4, -0.2) is 33.6 Å². The molecule has 1 amide bonds. The molecule has 2 aromatic rings. The van der Waals surface area contributed by atoms with Crippen LogP contribution in [0.5, 0.6) is 5.19 Å². The van der Waals surface area contributed by atoms with Gasteiger partial charge in [-0.15, -0.1) is 0 Å². The van der Waals surface area contributed by atoms with E-state index in [1.54, 1.807) is 14.1 Å². The summed E-state index contributed by atoms with van der Waals surface area (Å²) in [5.41, 5.74) is 1.04. The molecule has 1 aromatic heterocycles. The average molecular weight is 374 g/mol. The van der Waals surface area contributed by atoms with E-state index in [0.717, 1.165) is 33.3 Å². The van der Waals surface area contributed by atoms with E-state index in [0.29, 0.717) is 17.0 Å². The Hall–Kier alpha value is -1.12. The Morgan fingerprint density at radius 3 is 3.00 bits per heavy atom. The Bertz CT molecular complexity index is 604. The summed E-state index contributed by atoms with van der Waals surface area (Å²) in [6.45, 7) is 0.417. The summed E-state index contributed by atoms with van der Waals surface area (Å²) in [5, 5.41) is 0.762. The first kappa shape index (κ1) is 15.3. The van der Waals surface area contributed by atoms with Gasteiger partial charge in [0, 0.05) is 41.9 Å². The highest BCUT2D eigenvalue weighted by molar-refractivity contribution is 9.10. The van der Waals surface area contributed by atoms with Gasteiger partial charge in [0.2, 0.25) is 5.16 Å².